The fraction of sp³-hybridized carbons (Fsp3) is 0.562. The summed E-state index contributed by atoms with van der Waals surface area (Å²) in [5.74, 6) is -0.219. The van der Waals surface area contributed by atoms with Crippen LogP contribution in [0.25, 0.3) is 0 Å². The number of nitrogens with two attached hydrogens (primary N) is 1. The van der Waals surface area contributed by atoms with E-state index in [2.05, 4.69) is 0 Å². The molecule has 1 aliphatic heterocycles. The molecule has 2 rings (SSSR count). The molecule has 8 heteroatoms. The number of hydrogen-bond donors (Lipinski definition) is 1. The average Bonchev–Trinajstić information content (AvgIpc) is 2.47. The third kappa shape index (κ3) is 5.01. The van der Waals surface area contributed by atoms with E-state index in [1.165, 1.54) is 12.1 Å². The third-order valence-corrected chi connectivity index (χ3v) is 4.19. The van der Waals surface area contributed by atoms with E-state index in [1.54, 1.807) is 4.90 Å². The predicted molar refractivity (Wildman–Crippen MR) is 87.1 cm³/mol. The molecule has 0 aromatic heterocycles. The first kappa shape index (κ1) is 20.6. The van der Waals surface area contributed by atoms with Crippen molar-refractivity contribution < 1.29 is 22.7 Å². The summed E-state index contributed by atoms with van der Waals surface area (Å²) in [6.07, 6.45) is -3.74. The zero-order chi connectivity index (χ0) is 17.3. The fourth-order valence-electron chi connectivity index (χ4n) is 2.59. The molecule has 1 aliphatic rings. The van der Waals surface area contributed by atoms with Crippen molar-refractivity contribution in [3.8, 4) is 5.75 Å². The number of ether oxygens (including phenoxy) is 1. The summed E-state index contributed by atoms with van der Waals surface area (Å²) in [6, 6.07) is 4.53. The molecule has 1 atom stereocenters. The van der Waals surface area contributed by atoms with Gasteiger partial charge in [-0.05, 0) is 30.0 Å². The number of halogens is 4. The molecule has 2 N–H and O–H groups in total. The fourth-order valence-corrected chi connectivity index (χ4v) is 2.59. The van der Waals surface area contributed by atoms with E-state index in [0.717, 1.165) is 12.1 Å². The molecule has 0 radical (unpaired) electrons. The summed E-state index contributed by atoms with van der Waals surface area (Å²) in [5.41, 5.74) is 5.03. The predicted octanol–water partition coefficient (Wildman–Crippen LogP) is 3.09. The molecule has 1 heterocycles. The van der Waals surface area contributed by atoms with Crippen molar-refractivity contribution in [1.82, 2.24) is 4.90 Å². The minimum atomic E-state index is -4.43. The first-order valence-corrected chi connectivity index (χ1v) is 7.43. The van der Waals surface area contributed by atoms with Crippen molar-refractivity contribution in [3.05, 3.63) is 29.8 Å². The Bertz CT molecular complexity index is 579. The molecule has 0 saturated carbocycles. The molecule has 1 fully saturated rings. The van der Waals surface area contributed by atoms with E-state index >= 15 is 0 Å². The van der Waals surface area contributed by atoms with Crippen LogP contribution in [0.1, 0.15) is 25.8 Å². The third-order valence-electron chi connectivity index (χ3n) is 4.19. The van der Waals surface area contributed by atoms with Crippen molar-refractivity contribution in [1.29, 1.82) is 0 Å². The molecule has 0 spiro atoms. The number of benzene rings is 1. The molecule has 1 saturated heterocycles. The zero-order valence-corrected chi connectivity index (χ0v) is 14.4. The topological polar surface area (TPSA) is 55.6 Å². The van der Waals surface area contributed by atoms with Crippen LogP contribution in [0, 0.1) is 5.41 Å². The van der Waals surface area contributed by atoms with Crippen LogP contribution in [0.4, 0.5) is 13.2 Å². The largest absolute Gasteiger partial charge is 0.484 e. The van der Waals surface area contributed by atoms with E-state index in [9.17, 15) is 18.0 Å². The van der Waals surface area contributed by atoms with Gasteiger partial charge in [0.25, 0.3) is 5.91 Å². The van der Waals surface area contributed by atoms with E-state index in [-0.39, 0.29) is 42.1 Å². The van der Waals surface area contributed by atoms with Gasteiger partial charge in [0.15, 0.2) is 6.61 Å². The van der Waals surface area contributed by atoms with E-state index in [0.29, 0.717) is 19.5 Å². The normalized spacial score (nSPS) is 20.2. The zero-order valence-electron chi connectivity index (χ0n) is 13.6. The number of carbonyl (C=O) groups is 1. The highest BCUT2D eigenvalue weighted by atomic mass is 35.5. The van der Waals surface area contributed by atoms with Gasteiger partial charge in [-0.15, -0.1) is 12.4 Å². The number of piperidine rings is 1. The van der Waals surface area contributed by atoms with Crippen LogP contribution in [0.15, 0.2) is 24.3 Å². The molecule has 0 bridgehead atoms. The summed E-state index contributed by atoms with van der Waals surface area (Å²) in [7, 11) is 0. The summed E-state index contributed by atoms with van der Waals surface area (Å²) < 4.78 is 43.1. The Morgan fingerprint density at radius 3 is 2.67 bits per heavy atom. The van der Waals surface area contributed by atoms with Crippen LogP contribution in [0.3, 0.4) is 0 Å². The number of alkyl halides is 3. The second-order valence-corrected chi connectivity index (χ2v) is 6.51. The van der Waals surface area contributed by atoms with Crippen LogP contribution in [-0.4, -0.2) is 36.5 Å². The van der Waals surface area contributed by atoms with Crippen molar-refractivity contribution in [2.75, 3.05) is 19.7 Å². The van der Waals surface area contributed by atoms with Crippen LogP contribution in [-0.2, 0) is 11.0 Å². The van der Waals surface area contributed by atoms with Gasteiger partial charge in [-0.3, -0.25) is 4.79 Å². The number of rotatable bonds is 3. The molecule has 4 nitrogen and oxygen atoms in total. The van der Waals surface area contributed by atoms with Gasteiger partial charge in [0.05, 0.1) is 5.56 Å². The monoisotopic (exact) mass is 366 g/mol. The number of carbonyl (C=O) groups excluding carboxylic acids is 1. The maximum Gasteiger partial charge on any atom is 0.416 e. The Morgan fingerprint density at radius 2 is 2.08 bits per heavy atom. The van der Waals surface area contributed by atoms with Gasteiger partial charge in [-0.25, -0.2) is 0 Å². The second-order valence-electron chi connectivity index (χ2n) is 6.51. The van der Waals surface area contributed by atoms with Crippen molar-refractivity contribution in [3.63, 3.8) is 0 Å². The highest BCUT2D eigenvalue weighted by Crippen LogP contribution is 2.31. The Labute approximate surface area is 145 Å². The lowest BCUT2D eigenvalue weighted by molar-refractivity contribution is -0.137. The molecule has 0 aliphatic carbocycles. The molecular weight excluding hydrogens is 345 g/mol. The van der Waals surface area contributed by atoms with Crippen LogP contribution < -0.4 is 10.5 Å². The van der Waals surface area contributed by atoms with E-state index < -0.39 is 11.7 Å². The summed E-state index contributed by atoms with van der Waals surface area (Å²) in [4.78, 5) is 13.8. The van der Waals surface area contributed by atoms with Gasteiger partial charge in [-0.2, -0.15) is 13.2 Å². The smallest absolute Gasteiger partial charge is 0.416 e. The van der Waals surface area contributed by atoms with Gasteiger partial charge in [0.2, 0.25) is 0 Å². The van der Waals surface area contributed by atoms with Crippen molar-refractivity contribution in [2.45, 2.75) is 32.5 Å². The Hall–Kier alpha value is -1.47. The molecular formula is C16H22ClF3N2O2. The molecule has 1 aromatic rings. The highest BCUT2D eigenvalue weighted by molar-refractivity contribution is 5.85. The van der Waals surface area contributed by atoms with Crippen molar-refractivity contribution in [2.24, 2.45) is 11.1 Å². The van der Waals surface area contributed by atoms with Gasteiger partial charge >= 0.3 is 6.18 Å². The Balaban J connectivity index is 0.00000288. The minimum absolute atomic E-state index is 0. The molecule has 1 unspecified atom stereocenters. The lowest BCUT2D eigenvalue weighted by Gasteiger charge is -2.42. The van der Waals surface area contributed by atoms with Gasteiger partial charge in [0.1, 0.15) is 5.75 Å². The number of nitrogens with zero attached hydrogens (tertiary/aromatic N) is 1. The van der Waals surface area contributed by atoms with E-state index in [4.69, 9.17) is 10.5 Å². The maximum atomic E-state index is 12.6. The van der Waals surface area contributed by atoms with Crippen LogP contribution >= 0.6 is 12.4 Å². The highest BCUT2D eigenvalue weighted by Gasteiger charge is 2.35. The molecule has 1 amide bonds. The van der Waals surface area contributed by atoms with E-state index in [1.807, 2.05) is 13.8 Å². The lowest BCUT2D eigenvalue weighted by Crippen LogP contribution is -2.54. The lowest BCUT2D eigenvalue weighted by atomic mass is 9.80. The van der Waals surface area contributed by atoms with Gasteiger partial charge in [0, 0.05) is 19.1 Å². The number of hydrogen-bond acceptors (Lipinski definition) is 3. The minimum Gasteiger partial charge on any atom is -0.484 e. The molecule has 24 heavy (non-hydrogen) atoms. The first-order chi connectivity index (χ1) is 10.6. The standard InChI is InChI=1S/C16H21F3N2O2.ClH/c1-15(2)10-21(7-6-13(15)20)14(22)9-23-12-5-3-4-11(8-12)16(17,18)19;/h3-5,8,13H,6-7,9-10,20H2,1-2H3;1H. The van der Waals surface area contributed by atoms with Crippen molar-refractivity contribution >= 4 is 18.3 Å². The average molecular weight is 367 g/mol. The maximum absolute atomic E-state index is 12.6. The number of likely N-dealkylation sites (tertiary alicyclic amines) is 1. The van der Waals surface area contributed by atoms with Gasteiger partial charge < -0.3 is 15.4 Å². The first-order valence-electron chi connectivity index (χ1n) is 7.43. The van der Waals surface area contributed by atoms with Crippen LogP contribution in [0.2, 0.25) is 0 Å². The Kier molecular flexibility index (Phi) is 6.52. The SMILES string of the molecule is CC1(C)CN(C(=O)COc2cccc(C(F)(F)F)c2)CCC1N.Cl. The summed E-state index contributed by atoms with van der Waals surface area (Å²) >= 11 is 0. The van der Waals surface area contributed by atoms with Crippen LogP contribution in [0.5, 0.6) is 5.75 Å². The molecule has 136 valence electrons. The Morgan fingerprint density at radius 1 is 1.42 bits per heavy atom. The quantitative estimate of drug-likeness (QED) is 0.894. The summed E-state index contributed by atoms with van der Waals surface area (Å²) in [5, 5.41) is 0. The molecule has 1 aromatic carbocycles. The summed E-state index contributed by atoms with van der Waals surface area (Å²) in [6.45, 7) is 4.75. The second kappa shape index (κ2) is 7.61. The number of amides is 1. The van der Waals surface area contributed by atoms with Gasteiger partial charge in [-0.1, -0.05) is 19.9 Å².